The van der Waals surface area contributed by atoms with Crippen LogP contribution in [0.1, 0.15) is 25.6 Å². The number of imidazole rings is 1. The zero-order valence-corrected chi connectivity index (χ0v) is 19.6. The second-order valence-electron chi connectivity index (χ2n) is 9.39. The smallest absolute Gasteiger partial charge is 0.241 e. The van der Waals surface area contributed by atoms with Crippen LogP contribution in [0.3, 0.4) is 0 Å². The van der Waals surface area contributed by atoms with Crippen LogP contribution in [0.2, 0.25) is 0 Å². The fraction of sp³-hybridized carbons (Fsp3) is 0.500. The molecule has 1 N–H and O–H groups in total. The minimum Gasteiger partial charge on any atom is -0.350 e. The molecule has 1 saturated heterocycles. The van der Waals surface area contributed by atoms with Gasteiger partial charge < -0.3 is 14.8 Å². The van der Waals surface area contributed by atoms with Crippen LogP contribution in [0.5, 0.6) is 0 Å². The monoisotopic (exact) mass is 445 g/mol. The number of anilines is 1. The van der Waals surface area contributed by atoms with E-state index < -0.39 is 0 Å². The summed E-state index contributed by atoms with van der Waals surface area (Å²) in [6.45, 7) is 9.70. The summed E-state index contributed by atoms with van der Waals surface area (Å²) in [6, 6.07) is 7.28. The summed E-state index contributed by atoms with van der Waals surface area (Å²) in [7, 11) is 2.21. The minimum atomic E-state index is 0.448. The number of aromatic nitrogens is 6. The number of hydrogen-bond donors (Lipinski definition) is 1. The predicted octanol–water partition coefficient (Wildman–Crippen LogP) is 2.66. The first-order chi connectivity index (χ1) is 16.1. The minimum absolute atomic E-state index is 0.448. The number of nitrogens with one attached hydrogen (secondary N) is 1. The molecule has 0 bridgehead atoms. The average Bonchev–Trinajstić information content (AvgIpc) is 3.35. The van der Waals surface area contributed by atoms with Crippen LogP contribution >= 0.6 is 0 Å². The van der Waals surface area contributed by atoms with Gasteiger partial charge in [-0.25, -0.2) is 19.5 Å². The van der Waals surface area contributed by atoms with Crippen LogP contribution in [0, 0.1) is 6.92 Å². The topological polar surface area (TPSA) is 79.4 Å². The maximum atomic E-state index is 4.92. The lowest BCUT2D eigenvalue weighted by Gasteiger charge is -2.46. The van der Waals surface area contributed by atoms with Gasteiger partial charge in [0, 0.05) is 56.6 Å². The second-order valence-corrected chi connectivity index (χ2v) is 9.39. The van der Waals surface area contributed by atoms with Crippen LogP contribution in [0.4, 0.5) is 5.95 Å². The maximum absolute atomic E-state index is 4.92. The lowest BCUT2D eigenvalue weighted by molar-refractivity contribution is 0.0656. The first-order valence-electron chi connectivity index (χ1n) is 12.0. The van der Waals surface area contributed by atoms with Crippen molar-refractivity contribution in [1.29, 1.82) is 0 Å². The molecule has 1 saturated carbocycles. The molecule has 0 aromatic carbocycles. The number of fused-ring (bicyclic) bond motifs is 2. The molecule has 0 unspecified atom stereocenters. The summed E-state index contributed by atoms with van der Waals surface area (Å²) in [4.78, 5) is 19.2. The van der Waals surface area contributed by atoms with Crippen LogP contribution < -0.4 is 5.32 Å². The Morgan fingerprint density at radius 1 is 1.06 bits per heavy atom. The Hall–Kier alpha value is -3.04. The molecule has 33 heavy (non-hydrogen) atoms. The van der Waals surface area contributed by atoms with E-state index in [4.69, 9.17) is 10.1 Å². The largest absolute Gasteiger partial charge is 0.350 e. The molecule has 4 aromatic heterocycles. The third-order valence-electron chi connectivity index (χ3n) is 7.29. The summed E-state index contributed by atoms with van der Waals surface area (Å²) in [5, 5.41) is 8.25. The van der Waals surface area contributed by atoms with Gasteiger partial charge in [-0.05, 0) is 51.9 Å². The highest BCUT2D eigenvalue weighted by Gasteiger charge is 2.35. The molecule has 0 radical (unpaired) electrons. The summed E-state index contributed by atoms with van der Waals surface area (Å²) < 4.78 is 4.04. The molecular weight excluding hydrogens is 414 g/mol. The van der Waals surface area contributed by atoms with Gasteiger partial charge in [-0.15, -0.1) is 5.10 Å². The van der Waals surface area contributed by atoms with Crippen molar-refractivity contribution >= 4 is 22.6 Å². The molecule has 1 aliphatic carbocycles. The van der Waals surface area contributed by atoms with E-state index in [0.29, 0.717) is 18.0 Å². The van der Waals surface area contributed by atoms with Crippen LogP contribution in [0.15, 0.2) is 30.6 Å². The van der Waals surface area contributed by atoms with Gasteiger partial charge in [-0.1, -0.05) is 0 Å². The van der Waals surface area contributed by atoms with Crippen molar-refractivity contribution in [2.45, 2.75) is 45.3 Å². The zero-order valence-electron chi connectivity index (χ0n) is 19.6. The molecule has 172 valence electrons. The fourth-order valence-electron chi connectivity index (χ4n) is 5.20. The van der Waals surface area contributed by atoms with Crippen LogP contribution in [-0.2, 0) is 6.54 Å². The van der Waals surface area contributed by atoms with E-state index in [1.54, 1.807) is 0 Å². The summed E-state index contributed by atoms with van der Waals surface area (Å²) in [6.07, 6.45) is 6.21. The van der Waals surface area contributed by atoms with E-state index in [1.165, 1.54) is 26.2 Å². The van der Waals surface area contributed by atoms with E-state index in [0.717, 1.165) is 53.1 Å². The van der Waals surface area contributed by atoms with Crippen molar-refractivity contribution in [3.8, 4) is 11.3 Å². The van der Waals surface area contributed by atoms with Gasteiger partial charge in [0.05, 0.1) is 17.4 Å². The third kappa shape index (κ3) is 3.65. The molecule has 9 heteroatoms. The molecule has 0 amide bonds. The predicted molar refractivity (Wildman–Crippen MR) is 129 cm³/mol. The van der Waals surface area contributed by atoms with Crippen molar-refractivity contribution in [3.63, 3.8) is 0 Å². The molecule has 6 rings (SSSR count). The molecule has 1 aliphatic heterocycles. The average molecular weight is 446 g/mol. The van der Waals surface area contributed by atoms with Crippen molar-refractivity contribution < 1.29 is 0 Å². The molecule has 2 aliphatic rings. The number of likely N-dealkylation sites (N-methyl/N-ethyl adjacent to an activating group) is 1. The lowest BCUT2D eigenvalue weighted by Crippen LogP contribution is -2.55. The Morgan fingerprint density at radius 3 is 2.67 bits per heavy atom. The first kappa shape index (κ1) is 20.6. The van der Waals surface area contributed by atoms with Crippen molar-refractivity contribution in [3.05, 3.63) is 36.4 Å². The Bertz CT molecular complexity index is 1290. The SMILES string of the molecule is CCn1c(C)nc2ccc(-c3ccn4nc(N[C@H]5C[C@@H](N6CCN(C)CC6)C5)ncc34)nc21. The Balaban J connectivity index is 1.18. The van der Waals surface area contributed by atoms with E-state index in [1.807, 2.05) is 36.0 Å². The van der Waals surface area contributed by atoms with Gasteiger partial charge in [-0.3, -0.25) is 4.90 Å². The van der Waals surface area contributed by atoms with Gasteiger partial charge >= 0.3 is 0 Å². The molecule has 9 nitrogen and oxygen atoms in total. The first-order valence-corrected chi connectivity index (χ1v) is 12.0. The molecule has 2 fully saturated rings. The highest BCUT2D eigenvalue weighted by molar-refractivity contribution is 5.82. The van der Waals surface area contributed by atoms with E-state index in [-0.39, 0.29) is 0 Å². The van der Waals surface area contributed by atoms with E-state index in [9.17, 15) is 0 Å². The summed E-state index contributed by atoms with van der Waals surface area (Å²) in [5.74, 6) is 1.68. The number of aryl methyl sites for hydroxylation is 2. The molecule has 4 aromatic rings. The summed E-state index contributed by atoms with van der Waals surface area (Å²) in [5.41, 5.74) is 4.75. The Morgan fingerprint density at radius 2 is 1.88 bits per heavy atom. The Kier molecular flexibility index (Phi) is 5.03. The number of piperazine rings is 1. The van der Waals surface area contributed by atoms with E-state index in [2.05, 4.69) is 49.7 Å². The van der Waals surface area contributed by atoms with Gasteiger partial charge in [0.1, 0.15) is 11.3 Å². The highest BCUT2D eigenvalue weighted by atomic mass is 15.3. The third-order valence-corrected chi connectivity index (χ3v) is 7.29. The highest BCUT2D eigenvalue weighted by Crippen LogP contribution is 2.29. The van der Waals surface area contributed by atoms with Crippen LogP contribution in [-0.4, -0.2) is 84.2 Å². The van der Waals surface area contributed by atoms with Crippen molar-refractivity contribution in [2.24, 2.45) is 0 Å². The quantitative estimate of drug-likeness (QED) is 0.506. The van der Waals surface area contributed by atoms with Crippen LogP contribution in [0.25, 0.3) is 27.9 Å². The number of hydrogen-bond acceptors (Lipinski definition) is 7. The Labute approximate surface area is 193 Å². The molecule has 5 heterocycles. The van der Waals surface area contributed by atoms with Gasteiger partial charge in [0.2, 0.25) is 5.95 Å². The standard InChI is InChI=1S/C24H31N9/c1-4-32-16(2)26-21-6-5-20(28-23(21)32)19-7-8-33-22(19)15-25-24(29-33)27-17-13-18(14-17)31-11-9-30(3)10-12-31/h5-8,15,17-18H,4,9-14H2,1-3H3,(H,27,29)/t17-,18+. The number of rotatable bonds is 5. The maximum Gasteiger partial charge on any atom is 0.241 e. The van der Waals surface area contributed by atoms with Crippen molar-refractivity contribution in [1.82, 2.24) is 38.9 Å². The van der Waals surface area contributed by atoms with Gasteiger partial charge in [-0.2, -0.15) is 0 Å². The zero-order chi connectivity index (χ0) is 22.5. The number of nitrogens with zero attached hydrogens (tertiary/aromatic N) is 8. The van der Waals surface area contributed by atoms with Gasteiger partial charge in [0.25, 0.3) is 0 Å². The van der Waals surface area contributed by atoms with Gasteiger partial charge in [0.15, 0.2) is 5.65 Å². The van der Waals surface area contributed by atoms with E-state index >= 15 is 0 Å². The summed E-state index contributed by atoms with van der Waals surface area (Å²) >= 11 is 0. The number of pyridine rings is 1. The molecule has 0 spiro atoms. The fourth-order valence-corrected chi connectivity index (χ4v) is 5.20. The molecular formula is C24H31N9. The second kappa shape index (κ2) is 8.07. The normalized spacial score (nSPS) is 22.2. The lowest BCUT2D eigenvalue weighted by atomic mass is 9.85. The molecule has 0 atom stereocenters. The van der Waals surface area contributed by atoms with Crippen molar-refractivity contribution in [2.75, 3.05) is 38.5 Å².